The average Bonchev–Trinajstić information content (AvgIpc) is 2.99. The number of nitrogens with zero attached hydrogens (tertiary/aromatic N) is 1. The van der Waals surface area contributed by atoms with E-state index in [1.54, 1.807) is 0 Å². The van der Waals surface area contributed by atoms with Gasteiger partial charge in [0.1, 0.15) is 0 Å². The molecule has 1 N–H and O–H groups in total. The summed E-state index contributed by atoms with van der Waals surface area (Å²) in [5.74, 6) is 3.68. The van der Waals surface area contributed by atoms with Gasteiger partial charge < -0.3 is 5.32 Å². The van der Waals surface area contributed by atoms with Gasteiger partial charge in [-0.3, -0.25) is 4.90 Å². The molecule has 2 bridgehead atoms. The molecule has 0 aromatic carbocycles. The number of nitrogens with one attached hydrogen (secondary N) is 1. The predicted molar refractivity (Wildman–Crippen MR) is 85.8 cm³/mol. The fourth-order valence-electron chi connectivity index (χ4n) is 5.20. The molecule has 0 aromatic rings. The molecule has 0 amide bonds. The van der Waals surface area contributed by atoms with Gasteiger partial charge in [-0.15, -0.1) is 0 Å². The molecule has 5 atom stereocenters. The van der Waals surface area contributed by atoms with Crippen LogP contribution in [0.4, 0.5) is 0 Å². The van der Waals surface area contributed by atoms with E-state index < -0.39 is 0 Å². The van der Waals surface area contributed by atoms with Crippen molar-refractivity contribution in [1.29, 1.82) is 0 Å². The second-order valence-corrected chi connectivity index (χ2v) is 8.49. The van der Waals surface area contributed by atoms with E-state index in [0.29, 0.717) is 0 Å². The van der Waals surface area contributed by atoms with Crippen molar-refractivity contribution in [2.75, 3.05) is 13.1 Å². The molecule has 1 aliphatic heterocycles. The summed E-state index contributed by atoms with van der Waals surface area (Å²) in [6, 6.07) is 2.41. The second kappa shape index (κ2) is 5.96. The van der Waals surface area contributed by atoms with Crippen LogP contribution in [-0.4, -0.2) is 36.1 Å². The number of hydrogen-bond donors (Lipinski definition) is 1. The lowest BCUT2D eigenvalue weighted by molar-refractivity contribution is 0.0279. The number of piperazine rings is 1. The van der Waals surface area contributed by atoms with Crippen LogP contribution < -0.4 is 5.32 Å². The van der Waals surface area contributed by atoms with Crippen molar-refractivity contribution < 1.29 is 0 Å². The first-order valence-corrected chi connectivity index (χ1v) is 9.03. The summed E-state index contributed by atoms with van der Waals surface area (Å²) >= 11 is 0. The summed E-state index contributed by atoms with van der Waals surface area (Å²) < 4.78 is 0. The van der Waals surface area contributed by atoms with Crippen molar-refractivity contribution in [1.82, 2.24) is 10.2 Å². The summed E-state index contributed by atoms with van der Waals surface area (Å²) in [6.45, 7) is 12.1. The highest BCUT2D eigenvalue weighted by atomic mass is 15.3. The van der Waals surface area contributed by atoms with E-state index in [4.69, 9.17) is 0 Å². The molecule has 0 spiro atoms. The highest BCUT2D eigenvalue weighted by Crippen LogP contribution is 2.47. The molecule has 2 nitrogen and oxygen atoms in total. The monoisotopic (exact) mass is 278 g/mol. The van der Waals surface area contributed by atoms with Gasteiger partial charge in [-0.05, 0) is 49.4 Å². The van der Waals surface area contributed by atoms with Crippen molar-refractivity contribution in [2.24, 2.45) is 23.7 Å². The van der Waals surface area contributed by atoms with Crippen LogP contribution in [-0.2, 0) is 0 Å². The SMILES string of the molecule is CC(C)CC1CN(C2CC3CCC2C3)C(C(C)C)CN1. The predicted octanol–water partition coefficient (Wildman–Crippen LogP) is 3.52. The highest BCUT2D eigenvalue weighted by molar-refractivity contribution is 5.00. The van der Waals surface area contributed by atoms with Crippen LogP contribution in [0.3, 0.4) is 0 Å². The maximum absolute atomic E-state index is 3.84. The Morgan fingerprint density at radius 2 is 1.90 bits per heavy atom. The van der Waals surface area contributed by atoms with E-state index in [1.165, 1.54) is 45.2 Å². The quantitative estimate of drug-likeness (QED) is 0.846. The Hall–Kier alpha value is -0.0800. The van der Waals surface area contributed by atoms with Crippen LogP contribution in [0, 0.1) is 23.7 Å². The number of hydrogen-bond acceptors (Lipinski definition) is 2. The maximum Gasteiger partial charge on any atom is 0.0247 e. The van der Waals surface area contributed by atoms with Crippen molar-refractivity contribution >= 4 is 0 Å². The molecular weight excluding hydrogens is 244 g/mol. The Kier molecular flexibility index (Phi) is 4.42. The van der Waals surface area contributed by atoms with Gasteiger partial charge in [-0.1, -0.05) is 34.1 Å². The molecular formula is C18H34N2. The van der Waals surface area contributed by atoms with Gasteiger partial charge in [0.2, 0.25) is 0 Å². The van der Waals surface area contributed by atoms with Gasteiger partial charge in [0.25, 0.3) is 0 Å². The lowest BCUT2D eigenvalue weighted by Crippen LogP contribution is -2.62. The second-order valence-electron chi connectivity index (χ2n) is 8.49. The molecule has 2 saturated carbocycles. The van der Waals surface area contributed by atoms with Gasteiger partial charge in [0.15, 0.2) is 0 Å². The van der Waals surface area contributed by atoms with E-state index >= 15 is 0 Å². The minimum atomic E-state index is 0.726. The molecule has 1 heterocycles. The molecule has 20 heavy (non-hydrogen) atoms. The van der Waals surface area contributed by atoms with Gasteiger partial charge in [-0.25, -0.2) is 0 Å². The summed E-state index contributed by atoms with van der Waals surface area (Å²) in [4.78, 5) is 2.94. The Balaban J connectivity index is 1.69. The van der Waals surface area contributed by atoms with Crippen LogP contribution in [0.5, 0.6) is 0 Å². The lowest BCUT2D eigenvalue weighted by atomic mass is 9.88. The first kappa shape index (κ1) is 14.8. The van der Waals surface area contributed by atoms with Crippen molar-refractivity contribution in [3.05, 3.63) is 0 Å². The molecule has 1 saturated heterocycles. The first-order valence-electron chi connectivity index (χ1n) is 9.03. The van der Waals surface area contributed by atoms with E-state index in [0.717, 1.165) is 41.8 Å². The van der Waals surface area contributed by atoms with Gasteiger partial charge in [-0.2, -0.15) is 0 Å². The Morgan fingerprint density at radius 1 is 1.10 bits per heavy atom. The third kappa shape index (κ3) is 2.92. The van der Waals surface area contributed by atoms with Crippen LogP contribution >= 0.6 is 0 Å². The van der Waals surface area contributed by atoms with E-state index in [2.05, 4.69) is 37.9 Å². The Morgan fingerprint density at radius 3 is 2.45 bits per heavy atom. The lowest BCUT2D eigenvalue weighted by Gasteiger charge is -2.48. The number of rotatable bonds is 4. The third-order valence-electron chi connectivity index (χ3n) is 6.13. The van der Waals surface area contributed by atoms with E-state index in [9.17, 15) is 0 Å². The minimum absolute atomic E-state index is 0.726. The van der Waals surface area contributed by atoms with E-state index in [1.807, 2.05) is 0 Å². The summed E-state index contributed by atoms with van der Waals surface area (Å²) in [5, 5.41) is 3.84. The highest BCUT2D eigenvalue weighted by Gasteiger charge is 2.45. The van der Waals surface area contributed by atoms with Crippen molar-refractivity contribution in [2.45, 2.75) is 77.9 Å². The average molecular weight is 278 g/mol. The van der Waals surface area contributed by atoms with Gasteiger partial charge in [0, 0.05) is 31.2 Å². The fraction of sp³-hybridized carbons (Fsp3) is 1.00. The molecule has 2 heteroatoms. The topological polar surface area (TPSA) is 15.3 Å². The zero-order chi connectivity index (χ0) is 14.3. The largest absolute Gasteiger partial charge is 0.311 e. The fourth-order valence-corrected chi connectivity index (χ4v) is 5.20. The molecule has 3 rings (SSSR count). The van der Waals surface area contributed by atoms with Crippen molar-refractivity contribution in [3.63, 3.8) is 0 Å². The van der Waals surface area contributed by atoms with Crippen LogP contribution in [0.2, 0.25) is 0 Å². The van der Waals surface area contributed by atoms with Crippen LogP contribution in [0.1, 0.15) is 59.8 Å². The Bertz CT molecular complexity index is 325. The standard InChI is InChI=1S/C18H34N2/c1-12(2)7-16-11-20(18(10-19-16)13(3)4)17-9-14-5-6-15(17)8-14/h12-19H,5-11H2,1-4H3. The summed E-state index contributed by atoms with van der Waals surface area (Å²) in [5.41, 5.74) is 0. The smallest absolute Gasteiger partial charge is 0.0247 e. The molecule has 3 aliphatic rings. The molecule has 116 valence electrons. The molecule has 3 fully saturated rings. The maximum atomic E-state index is 3.84. The van der Waals surface area contributed by atoms with Gasteiger partial charge >= 0.3 is 0 Å². The Labute approximate surface area is 125 Å². The molecule has 5 unspecified atom stereocenters. The molecule has 2 aliphatic carbocycles. The van der Waals surface area contributed by atoms with Gasteiger partial charge in [0.05, 0.1) is 0 Å². The third-order valence-corrected chi connectivity index (χ3v) is 6.13. The molecule has 0 radical (unpaired) electrons. The molecule has 0 aromatic heterocycles. The van der Waals surface area contributed by atoms with E-state index in [-0.39, 0.29) is 0 Å². The zero-order valence-electron chi connectivity index (χ0n) is 13.9. The summed E-state index contributed by atoms with van der Waals surface area (Å²) in [7, 11) is 0. The summed E-state index contributed by atoms with van der Waals surface area (Å²) in [6.07, 6.45) is 7.41. The van der Waals surface area contributed by atoms with Crippen LogP contribution in [0.25, 0.3) is 0 Å². The number of fused-ring (bicyclic) bond motifs is 2. The normalized spacial score (nSPS) is 42.0. The van der Waals surface area contributed by atoms with Crippen LogP contribution in [0.15, 0.2) is 0 Å². The first-order chi connectivity index (χ1) is 9.54. The minimum Gasteiger partial charge on any atom is -0.311 e. The zero-order valence-corrected chi connectivity index (χ0v) is 13.9. The van der Waals surface area contributed by atoms with Crippen molar-refractivity contribution in [3.8, 4) is 0 Å².